The van der Waals surface area contributed by atoms with Crippen molar-refractivity contribution in [3.63, 3.8) is 0 Å². The second-order valence-corrected chi connectivity index (χ2v) is 1.87. The maximum absolute atomic E-state index is 10.2. The van der Waals surface area contributed by atoms with Crippen LogP contribution in [-0.2, 0) is 0 Å². The third-order valence-corrected chi connectivity index (χ3v) is 1.37. The molecule has 0 unspecified atom stereocenters. The molecular weight excluding hydrogens is 126 g/mol. The first-order chi connectivity index (χ1) is 3.64. The number of rotatable bonds is 0. The van der Waals surface area contributed by atoms with Gasteiger partial charge in [-0.3, -0.25) is 9.59 Å². The molecular formula is C4H3NO2S. The smallest absolute Gasteiger partial charge is 0.251 e. The predicted octanol–water partition coefficient (Wildman–Crippen LogP) is -0.847. The Bertz CT molecular complexity index is 254. The molecule has 0 aliphatic carbocycles. The minimum Gasteiger partial charge on any atom is -0.394 e. The summed E-state index contributed by atoms with van der Waals surface area (Å²) < 4.78 is 0. The third kappa shape index (κ3) is 0.403. The van der Waals surface area contributed by atoms with Crippen LogP contribution in [0.3, 0.4) is 0 Å². The van der Waals surface area contributed by atoms with Crippen LogP contribution in [0.1, 0.15) is 0 Å². The average Bonchev–Trinajstić information content (AvgIpc) is 1.83. The quantitative estimate of drug-likeness (QED) is 0.354. The van der Waals surface area contributed by atoms with Gasteiger partial charge in [0, 0.05) is 0 Å². The number of thiol groups is 1. The zero-order valence-electron chi connectivity index (χ0n) is 3.84. The van der Waals surface area contributed by atoms with Gasteiger partial charge in [0.05, 0.1) is 4.90 Å². The molecule has 1 aromatic carbocycles. The molecule has 1 rings (SSSR count). The van der Waals surface area contributed by atoms with Crippen molar-refractivity contribution in [1.29, 1.82) is 0 Å². The van der Waals surface area contributed by atoms with Crippen molar-refractivity contribution in [2.75, 3.05) is 5.73 Å². The van der Waals surface area contributed by atoms with Gasteiger partial charge in [-0.2, -0.15) is 0 Å². The highest BCUT2D eigenvalue weighted by Crippen LogP contribution is 2.04. The lowest BCUT2D eigenvalue weighted by Crippen LogP contribution is -2.34. The first-order valence-corrected chi connectivity index (χ1v) is 2.37. The summed E-state index contributed by atoms with van der Waals surface area (Å²) in [5, 5.41) is 0. The number of nitrogen functional groups attached to an aromatic ring is 1. The van der Waals surface area contributed by atoms with E-state index in [1.165, 1.54) is 0 Å². The van der Waals surface area contributed by atoms with Gasteiger partial charge >= 0.3 is 0 Å². The van der Waals surface area contributed by atoms with Crippen LogP contribution < -0.4 is 16.6 Å². The molecule has 3 nitrogen and oxygen atoms in total. The molecule has 42 valence electrons. The molecule has 0 heterocycles. The maximum atomic E-state index is 10.2. The normalized spacial score (nSPS) is 10.1. The van der Waals surface area contributed by atoms with Crippen molar-refractivity contribution in [2.24, 2.45) is 0 Å². The number of nitrogens with two attached hydrogens (primary N) is 1. The summed E-state index contributed by atoms with van der Waals surface area (Å²) in [6, 6.07) is 0. The lowest BCUT2D eigenvalue weighted by molar-refractivity contribution is 1.24. The van der Waals surface area contributed by atoms with Crippen LogP contribution in [0.2, 0.25) is 0 Å². The van der Waals surface area contributed by atoms with Gasteiger partial charge in [-0.15, -0.1) is 12.6 Å². The molecule has 0 atom stereocenters. The summed E-state index contributed by atoms with van der Waals surface area (Å²) in [5.74, 6) is 0. The number of anilines is 1. The van der Waals surface area contributed by atoms with Crippen molar-refractivity contribution in [3.8, 4) is 0 Å². The van der Waals surface area contributed by atoms with Gasteiger partial charge in [-0.1, -0.05) is 0 Å². The van der Waals surface area contributed by atoms with Gasteiger partial charge in [0.2, 0.25) is 5.43 Å². The molecule has 0 aliphatic rings. The highest BCUT2D eigenvalue weighted by molar-refractivity contribution is 7.80. The van der Waals surface area contributed by atoms with E-state index in [0.717, 1.165) is 0 Å². The molecule has 2 N–H and O–H groups in total. The van der Waals surface area contributed by atoms with Crippen molar-refractivity contribution in [3.05, 3.63) is 20.4 Å². The van der Waals surface area contributed by atoms with E-state index < -0.39 is 10.9 Å². The van der Waals surface area contributed by atoms with E-state index in [1.807, 2.05) is 0 Å². The largest absolute Gasteiger partial charge is 0.394 e. The molecule has 0 spiro atoms. The van der Waals surface area contributed by atoms with Crippen LogP contribution >= 0.6 is 12.6 Å². The summed E-state index contributed by atoms with van der Waals surface area (Å²) in [7, 11) is 0. The molecule has 0 radical (unpaired) electrons. The van der Waals surface area contributed by atoms with Crippen LogP contribution in [0.25, 0.3) is 0 Å². The molecule has 0 saturated heterocycles. The molecule has 4 heteroatoms. The fraction of sp³-hybridized carbons (Fsp3) is 0. The molecule has 0 aliphatic heterocycles. The number of hydrogen-bond donors (Lipinski definition) is 2. The monoisotopic (exact) mass is 129 g/mol. The van der Waals surface area contributed by atoms with E-state index in [4.69, 9.17) is 5.73 Å². The zero-order valence-corrected chi connectivity index (χ0v) is 4.74. The van der Waals surface area contributed by atoms with Gasteiger partial charge in [0.1, 0.15) is 5.69 Å². The third-order valence-electron chi connectivity index (χ3n) is 0.921. The molecule has 0 bridgehead atoms. The molecule has 1 aromatic rings. The maximum Gasteiger partial charge on any atom is 0.251 e. The second kappa shape index (κ2) is 1.35. The lowest BCUT2D eigenvalue weighted by atomic mass is 10.3. The van der Waals surface area contributed by atoms with E-state index >= 15 is 0 Å². The SMILES string of the molecule is Nc1c(S)c(=O)c1=O. The van der Waals surface area contributed by atoms with Gasteiger partial charge in [0.15, 0.2) is 0 Å². The Hall–Kier alpha value is -0.770. The second-order valence-electron chi connectivity index (χ2n) is 1.42. The van der Waals surface area contributed by atoms with Gasteiger partial charge < -0.3 is 5.73 Å². The summed E-state index contributed by atoms with van der Waals surface area (Å²) in [4.78, 5) is 20.5. The van der Waals surface area contributed by atoms with E-state index in [1.54, 1.807) is 0 Å². The molecule has 0 saturated carbocycles. The van der Waals surface area contributed by atoms with Gasteiger partial charge in [0.25, 0.3) is 5.43 Å². The average molecular weight is 129 g/mol. The Balaban J connectivity index is 3.48. The first kappa shape index (κ1) is 5.37. The molecule has 0 fully saturated rings. The van der Waals surface area contributed by atoms with Crippen molar-refractivity contribution in [2.45, 2.75) is 4.90 Å². The predicted molar refractivity (Wildman–Crippen MR) is 33.0 cm³/mol. The van der Waals surface area contributed by atoms with Crippen molar-refractivity contribution >= 4 is 18.3 Å². The summed E-state index contributed by atoms with van der Waals surface area (Å²) >= 11 is 3.62. The molecule has 0 amide bonds. The lowest BCUT2D eigenvalue weighted by Gasteiger charge is -1.94. The fourth-order valence-electron chi connectivity index (χ4n) is 0.397. The Morgan fingerprint density at radius 2 is 1.75 bits per heavy atom. The van der Waals surface area contributed by atoms with Crippen molar-refractivity contribution < 1.29 is 0 Å². The van der Waals surface area contributed by atoms with Crippen molar-refractivity contribution in [1.82, 2.24) is 0 Å². The minimum absolute atomic E-state index is 0.0154. The summed E-state index contributed by atoms with van der Waals surface area (Å²) in [6.45, 7) is 0. The van der Waals surface area contributed by atoms with Crippen LogP contribution in [-0.4, -0.2) is 0 Å². The van der Waals surface area contributed by atoms with Crippen LogP contribution in [0, 0.1) is 0 Å². The Morgan fingerprint density at radius 1 is 1.25 bits per heavy atom. The standard InChI is InChI=1S/C4H3NO2S/c5-1-2(6)3(7)4(1)8/h8H,5H2. The van der Waals surface area contributed by atoms with E-state index in [9.17, 15) is 9.59 Å². The minimum atomic E-state index is -0.616. The Labute approximate surface area is 50.2 Å². The van der Waals surface area contributed by atoms with E-state index in [-0.39, 0.29) is 10.6 Å². The summed E-state index contributed by atoms with van der Waals surface area (Å²) in [6.07, 6.45) is 0. The highest BCUT2D eigenvalue weighted by atomic mass is 32.1. The zero-order chi connectivity index (χ0) is 6.31. The summed E-state index contributed by atoms with van der Waals surface area (Å²) in [5.41, 5.74) is 3.78. The molecule has 8 heavy (non-hydrogen) atoms. The highest BCUT2D eigenvalue weighted by Gasteiger charge is 2.12. The Morgan fingerprint density at radius 3 is 1.88 bits per heavy atom. The topological polar surface area (TPSA) is 60.2 Å². The number of hydrogen-bond acceptors (Lipinski definition) is 4. The Kier molecular flexibility index (Phi) is 0.907. The van der Waals surface area contributed by atoms with E-state index in [2.05, 4.69) is 12.6 Å². The molecule has 0 aromatic heterocycles. The van der Waals surface area contributed by atoms with Crippen LogP contribution in [0.5, 0.6) is 0 Å². The van der Waals surface area contributed by atoms with Crippen LogP contribution in [0.4, 0.5) is 5.69 Å². The first-order valence-electron chi connectivity index (χ1n) is 1.92. The fourth-order valence-corrected chi connectivity index (χ4v) is 0.600. The van der Waals surface area contributed by atoms with Gasteiger partial charge in [-0.25, -0.2) is 0 Å². The van der Waals surface area contributed by atoms with Gasteiger partial charge in [-0.05, 0) is 0 Å². The van der Waals surface area contributed by atoms with E-state index in [0.29, 0.717) is 0 Å². The van der Waals surface area contributed by atoms with Crippen LogP contribution in [0.15, 0.2) is 14.5 Å².